The highest BCUT2D eigenvalue weighted by Crippen LogP contribution is 2.17. The topological polar surface area (TPSA) is 51.5 Å². The molecule has 1 N–H and O–H groups in total. The Morgan fingerprint density at radius 1 is 1.07 bits per heavy atom. The normalized spacial score (nSPS) is 14.4. The fourth-order valence-electron chi connectivity index (χ4n) is 3.06. The van der Waals surface area contributed by atoms with Crippen LogP contribution in [0.25, 0.3) is 0 Å². The van der Waals surface area contributed by atoms with E-state index < -0.39 is 0 Å². The number of ether oxygens (including phenoxy) is 1. The Hall–Kier alpha value is -2.62. The van der Waals surface area contributed by atoms with Crippen LogP contribution in [-0.2, 0) is 6.54 Å². The number of hydrogen-bond donors (Lipinski definition) is 1. The molecular weight excluding hydrogens is 356 g/mol. The lowest BCUT2D eigenvalue weighted by Gasteiger charge is -2.36. The first-order valence-corrected chi connectivity index (χ1v) is 9.59. The van der Waals surface area contributed by atoms with Gasteiger partial charge in [-0.25, -0.2) is 0 Å². The summed E-state index contributed by atoms with van der Waals surface area (Å²) in [6.07, 6.45) is 0. The first-order valence-electron chi connectivity index (χ1n) is 9.18. The van der Waals surface area contributed by atoms with Crippen molar-refractivity contribution in [3.8, 4) is 11.8 Å². The van der Waals surface area contributed by atoms with Gasteiger partial charge in [0, 0.05) is 38.4 Å². The first kappa shape index (κ1) is 19.2. The average Bonchev–Trinajstić information content (AvgIpc) is 2.71. The number of thiocarbonyl (C=S) groups is 1. The molecule has 1 saturated heterocycles. The molecule has 1 fully saturated rings. The molecule has 2 aromatic rings. The van der Waals surface area contributed by atoms with Crippen LogP contribution in [0.3, 0.4) is 0 Å². The van der Waals surface area contributed by atoms with E-state index in [0.717, 1.165) is 49.3 Å². The van der Waals surface area contributed by atoms with Crippen molar-refractivity contribution < 1.29 is 4.74 Å². The lowest BCUT2D eigenvalue weighted by atomic mass is 10.1. The molecule has 0 atom stereocenters. The molecule has 0 radical (unpaired) electrons. The van der Waals surface area contributed by atoms with Crippen molar-refractivity contribution in [3.05, 3.63) is 59.7 Å². The second-order valence-corrected chi connectivity index (χ2v) is 6.85. The van der Waals surface area contributed by atoms with Crippen molar-refractivity contribution in [1.29, 1.82) is 5.26 Å². The van der Waals surface area contributed by atoms with E-state index in [2.05, 4.69) is 21.2 Å². The van der Waals surface area contributed by atoms with E-state index in [4.69, 9.17) is 22.2 Å². The molecule has 2 aromatic carbocycles. The zero-order valence-electron chi connectivity index (χ0n) is 15.5. The van der Waals surface area contributed by atoms with Crippen molar-refractivity contribution >= 4 is 23.0 Å². The molecule has 0 amide bonds. The van der Waals surface area contributed by atoms with E-state index in [1.165, 1.54) is 5.56 Å². The lowest BCUT2D eigenvalue weighted by Crippen LogP contribution is -2.49. The van der Waals surface area contributed by atoms with E-state index in [1.54, 1.807) is 0 Å². The fourth-order valence-corrected chi connectivity index (χ4v) is 3.36. The number of nitrogens with one attached hydrogen (secondary N) is 1. The molecule has 0 aliphatic carbocycles. The summed E-state index contributed by atoms with van der Waals surface area (Å²) in [5, 5.41) is 13.0. The van der Waals surface area contributed by atoms with E-state index in [0.29, 0.717) is 12.2 Å². The van der Waals surface area contributed by atoms with E-state index in [-0.39, 0.29) is 0 Å². The third-order valence-electron chi connectivity index (χ3n) is 4.57. The van der Waals surface area contributed by atoms with Crippen molar-refractivity contribution in [2.75, 3.05) is 38.1 Å². The summed E-state index contributed by atoms with van der Waals surface area (Å²) >= 11 is 5.57. The minimum atomic E-state index is 0.665. The molecule has 0 saturated carbocycles. The summed E-state index contributed by atoms with van der Waals surface area (Å²) in [6, 6.07) is 17.8. The third-order valence-corrected chi connectivity index (χ3v) is 4.93. The number of rotatable bonds is 5. The molecule has 0 spiro atoms. The maximum atomic E-state index is 8.88. The summed E-state index contributed by atoms with van der Waals surface area (Å²) in [5.74, 6) is 0.866. The van der Waals surface area contributed by atoms with Gasteiger partial charge in [0.2, 0.25) is 0 Å². The van der Waals surface area contributed by atoms with Gasteiger partial charge in [-0.15, -0.1) is 0 Å². The molecule has 27 heavy (non-hydrogen) atoms. The Balaban J connectivity index is 1.46. The quantitative estimate of drug-likeness (QED) is 0.802. The van der Waals surface area contributed by atoms with Crippen LogP contribution >= 0.6 is 12.2 Å². The number of piperazine rings is 1. The predicted octanol–water partition coefficient (Wildman–Crippen LogP) is 3.47. The van der Waals surface area contributed by atoms with Crippen LogP contribution in [0, 0.1) is 11.3 Å². The summed E-state index contributed by atoms with van der Waals surface area (Å²) in [4.78, 5) is 4.62. The van der Waals surface area contributed by atoms with Crippen LogP contribution in [0.5, 0.6) is 5.75 Å². The van der Waals surface area contributed by atoms with E-state index in [9.17, 15) is 0 Å². The van der Waals surface area contributed by atoms with E-state index >= 15 is 0 Å². The van der Waals surface area contributed by atoms with Gasteiger partial charge < -0.3 is 15.0 Å². The highest BCUT2D eigenvalue weighted by Gasteiger charge is 2.19. The van der Waals surface area contributed by atoms with Gasteiger partial charge in [-0.2, -0.15) is 5.26 Å². The number of anilines is 1. The second-order valence-electron chi connectivity index (χ2n) is 6.46. The van der Waals surface area contributed by atoms with Gasteiger partial charge in [-0.3, -0.25) is 4.90 Å². The molecule has 0 aromatic heterocycles. The Labute approximate surface area is 166 Å². The largest absolute Gasteiger partial charge is 0.494 e. The zero-order valence-corrected chi connectivity index (χ0v) is 16.3. The molecule has 0 bridgehead atoms. The smallest absolute Gasteiger partial charge is 0.173 e. The predicted molar refractivity (Wildman–Crippen MR) is 112 cm³/mol. The number of benzene rings is 2. The van der Waals surface area contributed by atoms with Gasteiger partial charge in [0.1, 0.15) is 5.75 Å². The maximum absolute atomic E-state index is 8.88. The van der Waals surface area contributed by atoms with Crippen LogP contribution in [0.1, 0.15) is 18.1 Å². The van der Waals surface area contributed by atoms with Crippen LogP contribution in [0.4, 0.5) is 5.69 Å². The van der Waals surface area contributed by atoms with Gasteiger partial charge in [-0.1, -0.05) is 12.1 Å². The summed E-state index contributed by atoms with van der Waals surface area (Å²) < 4.78 is 5.46. The molecule has 6 heteroatoms. The van der Waals surface area contributed by atoms with Gasteiger partial charge in [0.15, 0.2) is 5.11 Å². The monoisotopic (exact) mass is 380 g/mol. The molecule has 1 aliphatic heterocycles. The Kier molecular flexibility index (Phi) is 6.64. The minimum absolute atomic E-state index is 0.665. The second kappa shape index (κ2) is 9.36. The summed E-state index contributed by atoms with van der Waals surface area (Å²) in [6.45, 7) is 7.27. The average molecular weight is 381 g/mol. The molecule has 140 valence electrons. The van der Waals surface area contributed by atoms with Gasteiger partial charge >= 0.3 is 0 Å². The standard InChI is InChI=1S/C21H24N4OS/c1-2-26-20-9-7-19(8-10-20)23-21(27)25-13-11-24(12-14-25)16-18-5-3-17(15-22)4-6-18/h3-10H,2,11-14,16H2,1H3,(H,23,27). The lowest BCUT2D eigenvalue weighted by molar-refractivity contribution is 0.177. The highest BCUT2D eigenvalue weighted by molar-refractivity contribution is 7.80. The van der Waals surface area contributed by atoms with E-state index in [1.807, 2.05) is 55.5 Å². The third kappa shape index (κ3) is 5.43. The SMILES string of the molecule is CCOc1ccc(NC(=S)N2CCN(Cc3ccc(C#N)cc3)CC2)cc1. The van der Waals surface area contributed by atoms with Crippen LogP contribution in [0.2, 0.25) is 0 Å². The van der Waals surface area contributed by atoms with Crippen molar-refractivity contribution in [3.63, 3.8) is 0 Å². The number of hydrogen-bond acceptors (Lipinski definition) is 4. The van der Waals surface area contributed by atoms with Gasteiger partial charge in [-0.05, 0) is 61.1 Å². The molecule has 3 rings (SSSR count). The molecule has 1 heterocycles. The summed E-state index contributed by atoms with van der Waals surface area (Å²) in [7, 11) is 0. The van der Waals surface area contributed by atoms with Crippen molar-refractivity contribution in [2.45, 2.75) is 13.5 Å². The first-order chi connectivity index (χ1) is 13.2. The van der Waals surface area contributed by atoms with Gasteiger partial charge in [0.25, 0.3) is 0 Å². The maximum Gasteiger partial charge on any atom is 0.173 e. The molecule has 1 aliphatic rings. The van der Waals surface area contributed by atoms with Crippen molar-refractivity contribution in [1.82, 2.24) is 9.80 Å². The van der Waals surface area contributed by atoms with Crippen LogP contribution in [-0.4, -0.2) is 47.7 Å². The van der Waals surface area contributed by atoms with Crippen molar-refractivity contribution in [2.24, 2.45) is 0 Å². The molecular formula is C21H24N4OS. The zero-order chi connectivity index (χ0) is 19.1. The van der Waals surface area contributed by atoms with Crippen LogP contribution in [0.15, 0.2) is 48.5 Å². The Bertz CT molecular complexity index is 790. The fraction of sp³-hybridized carbons (Fsp3) is 0.333. The minimum Gasteiger partial charge on any atom is -0.494 e. The Morgan fingerprint density at radius 3 is 2.33 bits per heavy atom. The number of nitrogens with zero attached hydrogens (tertiary/aromatic N) is 3. The summed E-state index contributed by atoms with van der Waals surface area (Å²) in [5.41, 5.74) is 2.91. The van der Waals surface area contributed by atoms with Crippen LogP contribution < -0.4 is 10.1 Å². The molecule has 0 unspecified atom stereocenters. The Morgan fingerprint density at radius 2 is 1.74 bits per heavy atom. The number of nitriles is 1. The molecule has 5 nitrogen and oxygen atoms in total. The highest BCUT2D eigenvalue weighted by atomic mass is 32.1. The van der Waals surface area contributed by atoms with Gasteiger partial charge in [0.05, 0.1) is 18.2 Å².